The van der Waals surface area contributed by atoms with Crippen molar-refractivity contribution in [1.82, 2.24) is 14.7 Å². The number of anilines is 1. The second-order valence-corrected chi connectivity index (χ2v) is 9.11. The molecule has 1 atom stereocenters. The fraction of sp³-hybridized carbons (Fsp3) is 0.261. The van der Waals surface area contributed by atoms with Gasteiger partial charge in [-0.25, -0.2) is 13.6 Å². The highest BCUT2D eigenvalue weighted by atomic mass is 35.5. The van der Waals surface area contributed by atoms with Crippen LogP contribution in [0.4, 0.5) is 19.3 Å². The second kappa shape index (κ2) is 8.56. The number of nitrogens with zero attached hydrogens (tertiary/aromatic N) is 3. The molecule has 7 nitrogen and oxygen atoms in total. The average molecular weight is 507 g/mol. The Morgan fingerprint density at radius 1 is 1.21 bits per heavy atom. The van der Waals surface area contributed by atoms with E-state index < -0.39 is 23.3 Å². The minimum atomic E-state index is -1.35. The molecule has 1 N–H and O–H groups in total. The summed E-state index contributed by atoms with van der Waals surface area (Å²) in [6.45, 7) is 0.668. The predicted molar refractivity (Wildman–Crippen MR) is 121 cm³/mol. The molecule has 2 aromatic carbocycles. The number of piperidine rings is 1. The fourth-order valence-corrected chi connectivity index (χ4v) is 4.88. The topological polar surface area (TPSA) is 76.5 Å². The lowest BCUT2D eigenvalue weighted by atomic mass is 9.83. The summed E-state index contributed by atoms with van der Waals surface area (Å²) >= 11 is 11.8. The molecule has 1 fully saturated rings. The Hall–Kier alpha value is -3.17. The quantitative estimate of drug-likeness (QED) is 0.528. The van der Waals surface area contributed by atoms with Gasteiger partial charge < -0.3 is 9.64 Å². The highest BCUT2D eigenvalue weighted by Gasteiger charge is 2.48. The largest absolute Gasteiger partial charge is 0.436 e. The van der Waals surface area contributed by atoms with Gasteiger partial charge in [0.15, 0.2) is 11.4 Å². The van der Waals surface area contributed by atoms with Crippen LogP contribution in [0.5, 0.6) is 0 Å². The average Bonchev–Trinajstić information content (AvgIpc) is 3.26. The van der Waals surface area contributed by atoms with Gasteiger partial charge in [0.1, 0.15) is 5.82 Å². The van der Waals surface area contributed by atoms with E-state index in [-0.39, 0.29) is 40.3 Å². The summed E-state index contributed by atoms with van der Waals surface area (Å²) in [5, 5.41) is 6.63. The van der Waals surface area contributed by atoms with Crippen LogP contribution in [-0.4, -0.2) is 39.8 Å². The summed E-state index contributed by atoms with van der Waals surface area (Å²) in [7, 11) is 0. The number of nitrogens with one attached hydrogen (secondary N) is 1. The molecule has 0 aliphatic carbocycles. The van der Waals surface area contributed by atoms with E-state index in [1.165, 1.54) is 40.0 Å². The number of likely N-dealkylation sites (tertiary alicyclic amines) is 1. The Bertz CT molecular complexity index is 1320. The zero-order chi connectivity index (χ0) is 24.0. The van der Waals surface area contributed by atoms with Crippen molar-refractivity contribution >= 4 is 40.9 Å². The summed E-state index contributed by atoms with van der Waals surface area (Å²) in [4.78, 5) is 27.0. The molecular formula is C23H18Cl2F2N4O3. The highest BCUT2D eigenvalue weighted by Crippen LogP contribution is 2.45. The van der Waals surface area contributed by atoms with Gasteiger partial charge in [0, 0.05) is 12.7 Å². The summed E-state index contributed by atoms with van der Waals surface area (Å²) in [6.07, 6.45) is 3.12. The van der Waals surface area contributed by atoms with Crippen LogP contribution in [0.15, 0.2) is 42.7 Å². The molecule has 176 valence electrons. The molecule has 0 unspecified atom stereocenters. The first-order chi connectivity index (χ1) is 16.3. The molecule has 0 bridgehead atoms. The zero-order valence-electron chi connectivity index (χ0n) is 17.7. The van der Waals surface area contributed by atoms with E-state index in [2.05, 4.69) is 10.4 Å². The lowest BCUT2D eigenvalue weighted by Gasteiger charge is -2.45. The predicted octanol–water partition coefficient (Wildman–Crippen LogP) is 5.21. The molecular weight excluding hydrogens is 489 g/mol. The van der Waals surface area contributed by atoms with Crippen LogP contribution < -0.4 is 5.32 Å². The Morgan fingerprint density at radius 3 is 2.82 bits per heavy atom. The third-order valence-electron chi connectivity index (χ3n) is 6.03. The number of rotatable bonds is 3. The Labute approximate surface area is 203 Å². The number of hydrogen-bond acceptors (Lipinski definition) is 4. The number of amides is 2. The zero-order valence-corrected chi connectivity index (χ0v) is 19.2. The van der Waals surface area contributed by atoms with Gasteiger partial charge in [-0.1, -0.05) is 29.3 Å². The molecule has 3 heterocycles. The number of carbonyl (C=O) groups excluding carboxylic acids is 2. The molecule has 1 saturated heterocycles. The maximum Gasteiger partial charge on any atom is 0.412 e. The first kappa shape index (κ1) is 22.6. The van der Waals surface area contributed by atoms with E-state index in [1.54, 1.807) is 12.3 Å². The minimum absolute atomic E-state index is 0.00343. The maximum atomic E-state index is 15.0. The molecule has 1 spiro atoms. The number of halogens is 4. The maximum absolute atomic E-state index is 15.0. The van der Waals surface area contributed by atoms with E-state index >= 15 is 4.39 Å². The van der Waals surface area contributed by atoms with Crippen molar-refractivity contribution in [3.05, 3.63) is 81.1 Å². The van der Waals surface area contributed by atoms with Crippen LogP contribution in [0, 0.1) is 11.6 Å². The summed E-state index contributed by atoms with van der Waals surface area (Å²) in [5.74, 6) is -1.53. The van der Waals surface area contributed by atoms with Crippen LogP contribution >= 0.6 is 23.2 Å². The van der Waals surface area contributed by atoms with Crippen molar-refractivity contribution in [1.29, 1.82) is 0 Å². The third-order valence-corrected chi connectivity index (χ3v) is 6.61. The SMILES string of the molecule is O=C1Nc2ccc(Cl)c(F)c2[C@@]2(CCCN(C(=O)c3cnn(Cc4ccc(F)c(Cl)c4)c3)C2)O1. The van der Waals surface area contributed by atoms with Crippen LogP contribution in [0.25, 0.3) is 0 Å². The van der Waals surface area contributed by atoms with Crippen molar-refractivity contribution in [2.24, 2.45) is 0 Å². The van der Waals surface area contributed by atoms with Gasteiger partial charge in [0.05, 0.1) is 46.1 Å². The highest BCUT2D eigenvalue weighted by molar-refractivity contribution is 6.31. The van der Waals surface area contributed by atoms with Crippen LogP contribution in [0.1, 0.15) is 34.3 Å². The van der Waals surface area contributed by atoms with Gasteiger partial charge >= 0.3 is 6.09 Å². The Balaban J connectivity index is 1.39. The smallest absolute Gasteiger partial charge is 0.412 e. The van der Waals surface area contributed by atoms with Crippen LogP contribution in [-0.2, 0) is 16.9 Å². The Kier molecular flexibility index (Phi) is 5.69. The third kappa shape index (κ3) is 3.99. The van der Waals surface area contributed by atoms with Crippen molar-refractivity contribution in [3.8, 4) is 0 Å². The number of carbonyl (C=O) groups is 2. The van der Waals surface area contributed by atoms with Crippen molar-refractivity contribution in [2.45, 2.75) is 25.0 Å². The summed E-state index contributed by atoms with van der Waals surface area (Å²) < 4.78 is 35.6. The molecule has 2 aliphatic rings. The first-order valence-corrected chi connectivity index (χ1v) is 11.3. The van der Waals surface area contributed by atoms with Gasteiger partial charge in [0.2, 0.25) is 0 Å². The van der Waals surface area contributed by atoms with Crippen molar-refractivity contribution in [2.75, 3.05) is 18.4 Å². The van der Waals surface area contributed by atoms with Crippen molar-refractivity contribution < 1.29 is 23.1 Å². The molecule has 2 amide bonds. The molecule has 2 aliphatic heterocycles. The standard InChI is InChI=1S/C23H18Cl2F2N4O3/c24-15-3-5-18-19(20(15)27)23(34-22(33)29-18)6-1-7-30(12-23)21(32)14-9-28-31(11-14)10-13-2-4-17(26)16(25)8-13/h2-5,8-9,11H,1,6-7,10,12H2,(H,29,33)/t23-/m0/s1. The number of fused-ring (bicyclic) bond motifs is 2. The van der Waals surface area contributed by atoms with Gasteiger partial charge in [-0.2, -0.15) is 5.10 Å². The van der Waals surface area contributed by atoms with E-state index in [0.29, 0.717) is 24.9 Å². The van der Waals surface area contributed by atoms with Gasteiger partial charge in [-0.05, 0) is 42.7 Å². The molecule has 34 heavy (non-hydrogen) atoms. The van der Waals surface area contributed by atoms with Gasteiger partial charge in [-0.3, -0.25) is 14.8 Å². The molecule has 0 radical (unpaired) electrons. The van der Waals surface area contributed by atoms with E-state index in [1.807, 2.05) is 0 Å². The monoisotopic (exact) mass is 506 g/mol. The van der Waals surface area contributed by atoms with Crippen molar-refractivity contribution in [3.63, 3.8) is 0 Å². The van der Waals surface area contributed by atoms with E-state index in [9.17, 15) is 14.0 Å². The normalized spacial score (nSPS) is 19.5. The van der Waals surface area contributed by atoms with E-state index in [0.717, 1.165) is 5.56 Å². The minimum Gasteiger partial charge on any atom is -0.436 e. The molecule has 3 aromatic rings. The molecule has 1 aromatic heterocycles. The van der Waals surface area contributed by atoms with Crippen LogP contribution in [0.3, 0.4) is 0 Å². The fourth-order valence-electron chi connectivity index (χ4n) is 4.51. The second-order valence-electron chi connectivity index (χ2n) is 8.30. The lowest BCUT2D eigenvalue weighted by molar-refractivity contribution is -0.0418. The van der Waals surface area contributed by atoms with Gasteiger partial charge in [0.25, 0.3) is 5.91 Å². The summed E-state index contributed by atoms with van der Waals surface area (Å²) in [5.41, 5.74) is 0.106. The summed E-state index contributed by atoms with van der Waals surface area (Å²) in [6, 6.07) is 7.24. The van der Waals surface area contributed by atoms with Crippen LogP contribution in [0.2, 0.25) is 10.0 Å². The number of aromatic nitrogens is 2. The molecule has 11 heteroatoms. The molecule has 5 rings (SSSR count). The Morgan fingerprint density at radius 2 is 2.03 bits per heavy atom. The van der Waals surface area contributed by atoms with E-state index in [4.69, 9.17) is 27.9 Å². The molecule has 0 saturated carbocycles. The number of ether oxygens (including phenoxy) is 1. The van der Waals surface area contributed by atoms with Gasteiger partial charge in [-0.15, -0.1) is 0 Å². The lowest BCUT2D eigenvalue weighted by Crippen LogP contribution is -2.53. The number of hydrogen-bond donors (Lipinski definition) is 1. The first-order valence-electron chi connectivity index (χ1n) is 10.5. The number of benzene rings is 2.